The largest absolute Gasteiger partial charge is 0.463 e. The number of hydrogen-bond donors (Lipinski definition) is 2. The maximum atomic E-state index is 12.6. The van der Waals surface area contributed by atoms with Crippen LogP contribution >= 0.6 is 0 Å². The molecule has 0 saturated heterocycles. The van der Waals surface area contributed by atoms with E-state index in [2.05, 4.69) is 10.0 Å². The van der Waals surface area contributed by atoms with E-state index in [-0.39, 0.29) is 5.91 Å². The van der Waals surface area contributed by atoms with Gasteiger partial charge in [0.25, 0.3) is 5.91 Å². The first kappa shape index (κ1) is 16.1. The summed E-state index contributed by atoms with van der Waals surface area (Å²) < 4.78 is 30.7. The van der Waals surface area contributed by atoms with Gasteiger partial charge in [0, 0.05) is 5.39 Å². The fraction of sp³-hybridized carbons (Fsp3) is 0.118. The second-order valence-corrected chi connectivity index (χ2v) is 7.27. The Morgan fingerprint density at radius 2 is 1.83 bits per heavy atom. The van der Waals surface area contributed by atoms with Gasteiger partial charge in [-0.05, 0) is 30.7 Å². The second kappa shape index (κ2) is 6.01. The van der Waals surface area contributed by atoms with Gasteiger partial charge in [0.2, 0.25) is 10.0 Å². The van der Waals surface area contributed by atoms with E-state index in [9.17, 15) is 13.2 Å². The first-order chi connectivity index (χ1) is 11.3. The smallest absolute Gasteiger partial charge is 0.259 e. The Balaban J connectivity index is 1.95. The minimum Gasteiger partial charge on any atom is -0.463 e. The normalized spacial score (nSPS) is 11.4. The summed E-state index contributed by atoms with van der Waals surface area (Å²) in [5.74, 6) is -0.373. The van der Waals surface area contributed by atoms with Crippen molar-refractivity contribution < 1.29 is 17.6 Å². The van der Waals surface area contributed by atoms with Gasteiger partial charge >= 0.3 is 0 Å². The zero-order valence-corrected chi connectivity index (χ0v) is 14.0. The van der Waals surface area contributed by atoms with E-state index in [0.29, 0.717) is 27.9 Å². The molecular formula is C17H16N2O4S. The van der Waals surface area contributed by atoms with E-state index < -0.39 is 10.0 Å². The Labute approximate surface area is 139 Å². The van der Waals surface area contributed by atoms with Crippen molar-refractivity contribution in [3.05, 3.63) is 59.9 Å². The highest BCUT2D eigenvalue weighted by molar-refractivity contribution is 7.92. The molecule has 3 aromatic rings. The number of rotatable bonds is 4. The maximum absolute atomic E-state index is 12.6. The third-order valence-electron chi connectivity index (χ3n) is 3.44. The van der Waals surface area contributed by atoms with Gasteiger partial charge in [0.15, 0.2) is 0 Å². The fourth-order valence-electron chi connectivity index (χ4n) is 2.39. The predicted octanol–water partition coefficient (Wildman–Crippen LogP) is 3.37. The molecule has 0 aliphatic carbocycles. The summed E-state index contributed by atoms with van der Waals surface area (Å²) in [7, 11) is -3.46. The number of sulfonamides is 1. The van der Waals surface area contributed by atoms with Crippen LogP contribution in [0.25, 0.3) is 11.0 Å². The molecule has 1 aromatic heterocycles. The van der Waals surface area contributed by atoms with Crippen LogP contribution in [0.4, 0.5) is 11.4 Å². The number of furan rings is 1. The molecule has 0 unspecified atom stereocenters. The van der Waals surface area contributed by atoms with Gasteiger partial charge in [0.1, 0.15) is 11.8 Å². The molecular weight excluding hydrogens is 328 g/mol. The number of carbonyl (C=O) groups excluding carboxylic acids is 1. The summed E-state index contributed by atoms with van der Waals surface area (Å²) in [5.41, 5.74) is 2.58. The van der Waals surface area contributed by atoms with Crippen molar-refractivity contribution in [2.24, 2.45) is 0 Å². The minimum absolute atomic E-state index is 0.309. The maximum Gasteiger partial charge on any atom is 0.259 e. The van der Waals surface area contributed by atoms with Crippen LogP contribution in [0.5, 0.6) is 0 Å². The first-order valence-electron chi connectivity index (χ1n) is 7.19. The molecule has 3 rings (SSSR count). The van der Waals surface area contributed by atoms with Crippen LogP contribution in [0.3, 0.4) is 0 Å². The number of amides is 1. The average Bonchev–Trinajstić information content (AvgIpc) is 2.93. The molecule has 0 saturated carbocycles. The molecule has 124 valence electrons. The topological polar surface area (TPSA) is 88.4 Å². The summed E-state index contributed by atoms with van der Waals surface area (Å²) in [6.45, 7) is 1.85. The molecule has 0 spiro atoms. The first-order valence-corrected chi connectivity index (χ1v) is 9.09. The lowest BCUT2D eigenvalue weighted by Crippen LogP contribution is -2.16. The van der Waals surface area contributed by atoms with Crippen molar-refractivity contribution in [2.45, 2.75) is 6.92 Å². The number of carbonyl (C=O) groups is 1. The number of hydrogen-bond acceptors (Lipinski definition) is 4. The quantitative estimate of drug-likeness (QED) is 0.759. The van der Waals surface area contributed by atoms with Gasteiger partial charge in [-0.3, -0.25) is 9.52 Å². The number of para-hydroxylation sites is 1. The van der Waals surface area contributed by atoms with Crippen LogP contribution in [0.1, 0.15) is 15.9 Å². The van der Waals surface area contributed by atoms with E-state index in [0.717, 1.165) is 11.8 Å². The fourth-order valence-corrected chi connectivity index (χ4v) is 2.97. The van der Waals surface area contributed by atoms with E-state index in [1.165, 1.54) is 6.26 Å². The Bertz CT molecular complexity index is 1020. The minimum atomic E-state index is -3.46. The molecule has 1 amide bonds. The Morgan fingerprint density at radius 3 is 2.58 bits per heavy atom. The van der Waals surface area contributed by atoms with Crippen LogP contribution in [0.15, 0.2) is 53.1 Å². The van der Waals surface area contributed by atoms with Crippen molar-refractivity contribution in [3.63, 3.8) is 0 Å². The third kappa shape index (κ3) is 3.41. The van der Waals surface area contributed by atoms with Crippen LogP contribution in [-0.2, 0) is 10.0 Å². The summed E-state index contributed by atoms with van der Waals surface area (Å²) in [6.07, 6.45) is 2.45. The van der Waals surface area contributed by atoms with Crippen molar-refractivity contribution >= 4 is 38.3 Å². The summed E-state index contributed by atoms with van der Waals surface area (Å²) >= 11 is 0. The monoisotopic (exact) mass is 344 g/mol. The van der Waals surface area contributed by atoms with Gasteiger partial charge < -0.3 is 9.73 Å². The molecule has 6 nitrogen and oxygen atoms in total. The molecule has 1 heterocycles. The van der Waals surface area contributed by atoms with Crippen molar-refractivity contribution in [3.8, 4) is 0 Å². The molecule has 0 atom stereocenters. The number of benzene rings is 2. The van der Waals surface area contributed by atoms with Gasteiger partial charge in [-0.15, -0.1) is 0 Å². The summed E-state index contributed by atoms with van der Waals surface area (Å²) in [5, 5.41) is 3.44. The predicted molar refractivity (Wildman–Crippen MR) is 93.8 cm³/mol. The number of anilines is 2. The van der Waals surface area contributed by atoms with Gasteiger partial charge in [0.05, 0.1) is 23.2 Å². The molecule has 0 aliphatic rings. The molecule has 7 heteroatoms. The highest BCUT2D eigenvalue weighted by Gasteiger charge is 2.16. The highest BCUT2D eigenvalue weighted by atomic mass is 32.2. The Morgan fingerprint density at radius 1 is 1.08 bits per heavy atom. The van der Waals surface area contributed by atoms with Crippen LogP contribution < -0.4 is 10.0 Å². The SMILES string of the molecule is Cc1ccc(NS(C)(=O)=O)c(NC(=O)c2coc3ccccc23)c1. The van der Waals surface area contributed by atoms with E-state index in [4.69, 9.17) is 4.42 Å². The van der Waals surface area contributed by atoms with Gasteiger partial charge in [-0.1, -0.05) is 24.3 Å². The third-order valence-corrected chi connectivity index (χ3v) is 4.03. The lowest BCUT2D eigenvalue weighted by molar-refractivity contribution is 0.102. The molecule has 2 N–H and O–H groups in total. The lowest BCUT2D eigenvalue weighted by atomic mass is 10.1. The zero-order valence-electron chi connectivity index (χ0n) is 13.2. The van der Waals surface area contributed by atoms with E-state index in [1.807, 2.05) is 19.1 Å². The Hall–Kier alpha value is -2.80. The lowest BCUT2D eigenvalue weighted by Gasteiger charge is -2.12. The van der Waals surface area contributed by atoms with E-state index in [1.54, 1.807) is 30.3 Å². The summed E-state index contributed by atoms with van der Waals surface area (Å²) in [4.78, 5) is 12.6. The van der Waals surface area contributed by atoms with Crippen LogP contribution in [0.2, 0.25) is 0 Å². The highest BCUT2D eigenvalue weighted by Crippen LogP contribution is 2.26. The number of nitrogens with one attached hydrogen (secondary N) is 2. The van der Waals surface area contributed by atoms with Crippen LogP contribution in [-0.4, -0.2) is 20.6 Å². The molecule has 0 fully saturated rings. The molecule has 2 aromatic carbocycles. The standard InChI is InChI=1S/C17H16N2O4S/c1-11-7-8-14(19-24(2,21)22)15(9-11)18-17(20)13-10-23-16-6-4-3-5-12(13)16/h3-10,19H,1-2H3,(H,18,20). The zero-order chi connectivity index (χ0) is 17.3. The molecule has 24 heavy (non-hydrogen) atoms. The van der Waals surface area contributed by atoms with Gasteiger partial charge in [-0.2, -0.15) is 0 Å². The van der Waals surface area contributed by atoms with Crippen molar-refractivity contribution in [1.82, 2.24) is 0 Å². The number of aryl methyl sites for hydroxylation is 1. The molecule has 0 radical (unpaired) electrons. The van der Waals surface area contributed by atoms with Crippen molar-refractivity contribution in [2.75, 3.05) is 16.3 Å². The average molecular weight is 344 g/mol. The molecule has 0 bridgehead atoms. The molecule has 0 aliphatic heterocycles. The van der Waals surface area contributed by atoms with Gasteiger partial charge in [-0.25, -0.2) is 8.42 Å². The number of fused-ring (bicyclic) bond motifs is 1. The van der Waals surface area contributed by atoms with E-state index >= 15 is 0 Å². The second-order valence-electron chi connectivity index (χ2n) is 5.52. The summed E-state index contributed by atoms with van der Waals surface area (Å²) in [6, 6.07) is 12.3. The van der Waals surface area contributed by atoms with Crippen LogP contribution in [0, 0.1) is 6.92 Å². The Kier molecular flexibility index (Phi) is 4.02. The van der Waals surface area contributed by atoms with Crippen molar-refractivity contribution in [1.29, 1.82) is 0 Å².